The highest BCUT2D eigenvalue weighted by atomic mass is 19.4. The highest BCUT2D eigenvalue weighted by Crippen LogP contribution is 2.31. The average Bonchev–Trinajstić information content (AvgIpc) is 2.45. The second kappa shape index (κ2) is 7.61. The lowest BCUT2D eigenvalue weighted by Gasteiger charge is -2.17. The van der Waals surface area contributed by atoms with Crippen LogP contribution in [0.15, 0.2) is 47.8 Å². The van der Waals surface area contributed by atoms with Crippen molar-refractivity contribution in [3.63, 3.8) is 0 Å². The number of rotatable bonds is 6. The smallest absolute Gasteiger partial charge is 0.335 e. The number of unbranched alkanes of at least 4 members (excludes halogenated alkanes) is 1. The maximum absolute atomic E-state index is 13.0. The maximum atomic E-state index is 13.0. The number of carbonyl (C=O) groups is 1. The Morgan fingerprint density at radius 3 is 2.57 bits per heavy atom. The van der Waals surface area contributed by atoms with Crippen molar-refractivity contribution in [1.29, 1.82) is 0 Å². The number of anilines is 1. The van der Waals surface area contributed by atoms with Crippen LogP contribution in [0.25, 0.3) is 0 Å². The van der Waals surface area contributed by atoms with E-state index in [1.807, 2.05) is 0 Å². The number of carbonyl (C=O) groups excluding carboxylic acids is 1. The van der Waals surface area contributed by atoms with Crippen molar-refractivity contribution in [2.45, 2.75) is 25.9 Å². The third-order valence-electron chi connectivity index (χ3n) is 2.72. The Balaban J connectivity index is 3.14. The van der Waals surface area contributed by atoms with Crippen molar-refractivity contribution in [1.82, 2.24) is 4.98 Å². The van der Waals surface area contributed by atoms with Gasteiger partial charge in [0.05, 0.1) is 5.57 Å². The van der Waals surface area contributed by atoms with E-state index in [4.69, 9.17) is 0 Å². The molecular formula is C15H17F3N2O. The molecule has 0 aromatic carbocycles. The number of alkyl halides is 3. The highest BCUT2D eigenvalue weighted by Gasteiger charge is 2.35. The number of allylic oxidation sites excluding steroid dienone is 3. The van der Waals surface area contributed by atoms with E-state index in [2.05, 4.69) is 4.98 Å². The van der Waals surface area contributed by atoms with E-state index in [9.17, 15) is 18.0 Å². The van der Waals surface area contributed by atoms with Gasteiger partial charge in [0.15, 0.2) is 6.29 Å². The van der Waals surface area contributed by atoms with Crippen LogP contribution in [0.4, 0.5) is 19.0 Å². The summed E-state index contributed by atoms with van der Waals surface area (Å²) in [5.41, 5.74) is -1.33. The van der Waals surface area contributed by atoms with E-state index < -0.39 is 17.3 Å². The number of aldehydes is 1. The predicted molar refractivity (Wildman–Crippen MR) is 75.8 cm³/mol. The first-order valence-electron chi connectivity index (χ1n) is 6.48. The normalized spacial score (nSPS) is 13.2. The summed E-state index contributed by atoms with van der Waals surface area (Å²) >= 11 is 0. The molecule has 0 amide bonds. The molecule has 1 aromatic heterocycles. The first-order valence-corrected chi connectivity index (χ1v) is 6.48. The number of pyridine rings is 1. The molecule has 3 nitrogen and oxygen atoms in total. The fourth-order valence-electron chi connectivity index (χ4n) is 1.69. The van der Waals surface area contributed by atoms with E-state index in [-0.39, 0.29) is 12.7 Å². The van der Waals surface area contributed by atoms with E-state index in [0.29, 0.717) is 12.2 Å². The Hall–Kier alpha value is -2.11. The number of halogens is 3. The van der Waals surface area contributed by atoms with E-state index in [1.165, 1.54) is 11.1 Å². The Morgan fingerprint density at radius 2 is 2.10 bits per heavy atom. The Kier molecular flexibility index (Phi) is 6.14. The molecule has 1 aromatic rings. The number of nitrogens with zero attached hydrogens (tertiary/aromatic N) is 2. The lowest BCUT2D eigenvalue weighted by Crippen LogP contribution is -2.18. The minimum atomic E-state index is -4.56. The lowest BCUT2D eigenvalue weighted by atomic mass is 10.1. The van der Waals surface area contributed by atoms with Crippen LogP contribution in [-0.4, -0.2) is 24.5 Å². The van der Waals surface area contributed by atoms with E-state index in [0.717, 1.165) is 12.3 Å². The van der Waals surface area contributed by atoms with Gasteiger partial charge in [-0.3, -0.25) is 4.79 Å². The van der Waals surface area contributed by atoms with E-state index >= 15 is 0 Å². The summed E-state index contributed by atoms with van der Waals surface area (Å²) < 4.78 is 39.1. The third kappa shape index (κ3) is 5.06. The largest absolute Gasteiger partial charge is 0.416 e. The number of hydrogen-bond acceptors (Lipinski definition) is 3. The molecule has 1 heterocycles. The van der Waals surface area contributed by atoms with Crippen LogP contribution in [0.2, 0.25) is 0 Å². The van der Waals surface area contributed by atoms with Gasteiger partial charge in [-0.2, -0.15) is 13.2 Å². The number of aromatic nitrogens is 1. The third-order valence-corrected chi connectivity index (χ3v) is 2.72. The molecule has 0 spiro atoms. The fourth-order valence-corrected chi connectivity index (χ4v) is 1.69. The van der Waals surface area contributed by atoms with Crippen LogP contribution >= 0.6 is 0 Å². The van der Waals surface area contributed by atoms with Gasteiger partial charge in [-0.1, -0.05) is 25.5 Å². The summed E-state index contributed by atoms with van der Waals surface area (Å²) in [6.45, 7) is 1.77. The molecule has 0 fully saturated rings. The van der Waals surface area contributed by atoms with Crippen LogP contribution in [0.3, 0.4) is 0 Å². The zero-order valence-corrected chi connectivity index (χ0v) is 11.9. The average molecular weight is 298 g/mol. The number of hydrogen-bond donors (Lipinski definition) is 0. The molecule has 0 atom stereocenters. The summed E-state index contributed by atoms with van der Waals surface area (Å²) in [5, 5.41) is 0. The van der Waals surface area contributed by atoms with Gasteiger partial charge in [0.25, 0.3) is 0 Å². The summed E-state index contributed by atoms with van der Waals surface area (Å²) in [6, 6.07) is 5.05. The quantitative estimate of drug-likeness (QED) is 0.454. The van der Waals surface area contributed by atoms with Crippen LogP contribution in [0.5, 0.6) is 0 Å². The van der Waals surface area contributed by atoms with Crippen molar-refractivity contribution in [2.24, 2.45) is 0 Å². The molecule has 0 aliphatic carbocycles. The Bertz CT molecular complexity index is 521. The van der Waals surface area contributed by atoms with Crippen molar-refractivity contribution in [3.05, 3.63) is 47.8 Å². The molecular weight excluding hydrogens is 281 g/mol. The molecule has 114 valence electrons. The Labute approximate surface area is 121 Å². The predicted octanol–water partition coefficient (Wildman–Crippen LogP) is 3.89. The van der Waals surface area contributed by atoms with Crippen LogP contribution in [0, 0.1) is 0 Å². The van der Waals surface area contributed by atoms with Gasteiger partial charge in [-0.25, -0.2) is 4.98 Å². The van der Waals surface area contributed by atoms with Gasteiger partial charge < -0.3 is 4.90 Å². The van der Waals surface area contributed by atoms with Crippen molar-refractivity contribution in [3.8, 4) is 0 Å². The molecule has 21 heavy (non-hydrogen) atoms. The van der Waals surface area contributed by atoms with Crippen molar-refractivity contribution < 1.29 is 18.0 Å². The van der Waals surface area contributed by atoms with Gasteiger partial charge in [0.2, 0.25) is 0 Å². The maximum Gasteiger partial charge on any atom is 0.416 e. The zero-order valence-electron chi connectivity index (χ0n) is 11.9. The molecule has 0 N–H and O–H groups in total. The van der Waals surface area contributed by atoms with Crippen molar-refractivity contribution in [2.75, 3.05) is 11.9 Å². The summed E-state index contributed by atoms with van der Waals surface area (Å²) in [4.78, 5) is 16.5. The SMILES string of the molecule is CCC/C=C(/C(C=O)=C\N(C)c1ccccn1)C(F)(F)F. The first kappa shape index (κ1) is 16.9. The zero-order chi connectivity index (χ0) is 15.9. The summed E-state index contributed by atoms with van der Waals surface area (Å²) in [7, 11) is 1.54. The molecule has 1 rings (SSSR count). The van der Waals surface area contributed by atoms with Gasteiger partial charge >= 0.3 is 6.18 Å². The van der Waals surface area contributed by atoms with E-state index in [1.54, 1.807) is 32.2 Å². The van der Waals surface area contributed by atoms with Crippen LogP contribution in [-0.2, 0) is 4.79 Å². The molecule has 0 bridgehead atoms. The summed E-state index contributed by atoms with van der Waals surface area (Å²) in [6.07, 6.45) is 0.199. The Morgan fingerprint density at radius 1 is 1.38 bits per heavy atom. The minimum Gasteiger partial charge on any atom is -0.335 e. The standard InChI is InChI=1S/C15H17F3N2O/c1-3-4-7-13(15(16,17)18)12(11-21)10-20(2)14-8-5-6-9-19-14/h5-11H,3-4H2,1-2H3/b12-10-,13-7-. The van der Waals surface area contributed by atoms with Crippen LogP contribution < -0.4 is 4.90 Å². The minimum absolute atomic E-state index is 0.217. The van der Waals surface area contributed by atoms with Gasteiger partial charge in [0, 0.05) is 25.0 Å². The van der Waals surface area contributed by atoms with Gasteiger partial charge in [-0.05, 0) is 18.6 Å². The molecule has 0 aliphatic rings. The molecule has 0 saturated carbocycles. The van der Waals surface area contributed by atoms with Gasteiger partial charge in [-0.15, -0.1) is 0 Å². The van der Waals surface area contributed by atoms with Crippen molar-refractivity contribution >= 4 is 12.1 Å². The monoisotopic (exact) mass is 298 g/mol. The second-order valence-electron chi connectivity index (χ2n) is 4.41. The second-order valence-corrected chi connectivity index (χ2v) is 4.41. The lowest BCUT2D eigenvalue weighted by molar-refractivity contribution is -0.108. The van der Waals surface area contributed by atoms with Crippen LogP contribution in [0.1, 0.15) is 19.8 Å². The first-order chi connectivity index (χ1) is 9.90. The molecule has 6 heteroatoms. The molecule has 0 unspecified atom stereocenters. The molecule has 0 aliphatic heterocycles. The molecule has 0 saturated heterocycles. The summed E-state index contributed by atoms with van der Waals surface area (Å²) in [5.74, 6) is 0.453. The highest BCUT2D eigenvalue weighted by molar-refractivity contribution is 5.81. The fraction of sp³-hybridized carbons (Fsp3) is 0.333. The topological polar surface area (TPSA) is 33.2 Å². The molecule has 0 radical (unpaired) electrons. The van der Waals surface area contributed by atoms with Gasteiger partial charge in [0.1, 0.15) is 5.82 Å².